The number of hydrogen-bond donors (Lipinski definition) is 2. The monoisotopic (exact) mass is 281 g/mol. The van der Waals surface area contributed by atoms with Gasteiger partial charge in [-0.05, 0) is 0 Å². The van der Waals surface area contributed by atoms with Crippen LogP contribution in [0, 0.1) is 0 Å². The maximum absolute atomic E-state index is 11.7. The number of aliphatic carboxylic acids is 1. The zero-order valence-corrected chi connectivity index (χ0v) is 10.7. The largest absolute Gasteiger partial charge is 0.480 e. The van der Waals surface area contributed by atoms with Crippen molar-refractivity contribution < 1.29 is 32.6 Å². The number of carbonyl (C=O) groups excluding carboxylic acids is 1. The average Bonchev–Trinajstić information content (AvgIpc) is 2.28. The number of carbonyl (C=O) groups is 2. The minimum atomic E-state index is -4.06. The number of methoxy groups -OCH3 is 1. The highest BCUT2D eigenvalue weighted by atomic mass is 32.2. The van der Waals surface area contributed by atoms with Crippen molar-refractivity contribution in [3.63, 3.8) is 0 Å². The third-order valence-electron chi connectivity index (χ3n) is 2.64. The lowest BCUT2D eigenvalue weighted by atomic mass is 9.92. The molecule has 1 heterocycles. The minimum absolute atomic E-state index is 0.0166. The van der Waals surface area contributed by atoms with Crippen molar-refractivity contribution >= 4 is 22.0 Å². The van der Waals surface area contributed by atoms with Crippen LogP contribution in [0.15, 0.2) is 0 Å². The molecule has 1 rings (SSSR count). The molecule has 1 fully saturated rings. The summed E-state index contributed by atoms with van der Waals surface area (Å²) in [6, 6.07) is 0. The van der Waals surface area contributed by atoms with Gasteiger partial charge in [0, 0.05) is 26.1 Å². The molecule has 8 nitrogen and oxygen atoms in total. The maximum Gasteiger partial charge on any atom is 0.325 e. The molecule has 0 unspecified atom stereocenters. The molecule has 1 aliphatic heterocycles. The van der Waals surface area contributed by atoms with Crippen LogP contribution < -0.4 is 4.72 Å². The summed E-state index contributed by atoms with van der Waals surface area (Å²) in [6.45, 7) is 0.292. The zero-order valence-electron chi connectivity index (χ0n) is 9.84. The number of nitrogens with one attached hydrogen (secondary N) is 1. The Balaban J connectivity index is 2.84. The molecule has 9 heteroatoms. The van der Waals surface area contributed by atoms with E-state index in [1.165, 1.54) is 0 Å². The normalized spacial score (nSPS) is 19.2. The van der Waals surface area contributed by atoms with Gasteiger partial charge in [0.25, 0.3) is 0 Å². The predicted molar refractivity (Wildman–Crippen MR) is 59.4 cm³/mol. The van der Waals surface area contributed by atoms with Gasteiger partial charge in [-0.15, -0.1) is 0 Å². The van der Waals surface area contributed by atoms with E-state index in [0.29, 0.717) is 0 Å². The van der Waals surface area contributed by atoms with Crippen LogP contribution >= 0.6 is 0 Å². The third-order valence-corrected chi connectivity index (χ3v) is 3.96. The van der Waals surface area contributed by atoms with Crippen molar-refractivity contribution in [3.05, 3.63) is 0 Å². The fourth-order valence-electron chi connectivity index (χ4n) is 1.63. The summed E-state index contributed by atoms with van der Waals surface area (Å²) < 4.78 is 34.6. The average molecular weight is 281 g/mol. The molecule has 1 aliphatic rings. The topological polar surface area (TPSA) is 119 Å². The van der Waals surface area contributed by atoms with E-state index in [1.54, 1.807) is 0 Å². The van der Waals surface area contributed by atoms with Crippen molar-refractivity contribution in [1.82, 2.24) is 4.72 Å². The minimum Gasteiger partial charge on any atom is -0.480 e. The number of esters is 1. The lowest BCUT2D eigenvalue weighted by molar-refractivity contribution is -0.148. The molecule has 0 saturated carbocycles. The van der Waals surface area contributed by atoms with Crippen LogP contribution in [0.1, 0.15) is 12.8 Å². The van der Waals surface area contributed by atoms with E-state index in [-0.39, 0.29) is 26.1 Å². The Labute approximate surface area is 104 Å². The molecule has 0 amide bonds. The molecule has 0 bridgehead atoms. The summed E-state index contributed by atoms with van der Waals surface area (Å²) in [4.78, 5) is 22.1. The highest BCUT2D eigenvalue weighted by Crippen LogP contribution is 2.22. The molecule has 0 atom stereocenters. The zero-order chi connectivity index (χ0) is 13.8. The Bertz CT molecular complexity index is 424. The van der Waals surface area contributed by atoms with Gasteiger partial charge in [-0.2, -0.15) is 4.72 Å². The molecule has 2 N–H and O–H groups in total. The molecule has 0 aliphatic carbocycles. The van der Waals surface area contributed by atoms with E-state index >= 15 is 0 Å². The van der Waals surface area contributed by atoms with Crippen LogP contribution in [0.4, 0.5) is 0 Å². The van der Waals surface area contributed by atoms with E-state index in [1.807, 2.05) is 0 Å². The van der Waals surface area contributed by atoms with Gasteiger partial charge < -0.3 is 14.6 Å². The predicted octanol–water partition coefficient (Wildman–Crippen LogP) is -1.29. The van der Waals surface area contributed by atoms with Gasteiger partial charge in [-0.3, -0.25) is 9.59 Å². The van der Waals surface area contributed by atoms with Crippen LogP contribution in [0.3, 0.4) is 0 Å². The van der Waals surface area contributed by atoms with Crippen molar-refractivity contribution in [2.75, 3.05) is 26.1 Å². The number of ether oxygens (including phenoxy) is 2. The van der Waals surface area contributed by atoms with Gasteiger partial charge >= 0.3 is 11.9 Å². The number of hydrogen-bond acceptors (Lipinski definition) is 6. The molecule has 1 saturated heterocycles. The Hall–Kier alpha value is -1.19. The first-order valence-electron chi connectivity index (χ1n) is 5.21. The van der Waals surface area contributed by atoms with Crippen molar-refractivity contribution in [3.8, 4) is 0 Å². The summed E-state index contributed by atoms with van der Waals surface area (Å²) in [5.41, 5.74) is -1.61. The lowest BCUT2D eigenvalue weighted by Gasteiger charge is -2.33. The number of carboxylic acids is 1. The molecular weight excluding hydrogens is 266 g/mol. The van der Waals surface area contributed by atoms with E-state index in [2.05, 4.69) is 9.46 Å². The van der Waals surface area contributed by atoms with Crippen LogP contribution in [0.5, 0.6) is 0 Å². The summed E-state index contributed by atoms with van der Waals surface area (Å²) >= 11 is 0. The second-order valence-corrected chi connectivity index (χ2v) is 5.66. The van der Waals surface area contributed by atoms with Gasteiger partial charge in [0.05, 0.1) is 7.11 Å². The van der Waals surface area contributed by atoms with Gasteiger partial charge in [0.2, 0.25) is 10.0 Å². The van der Waals surface area contributed by atoms with Crippen LogP contribution in [-0.4, -0.2) is 57.1 Å². The second-order valence-electron chi connectivity index (χ2n) is 3.94. The second kappa shape index (κ2) is 5.63. The molecule has 0 aromatic rings. The summed E-state index contributed by atoms with van der Waals surface area (Å²) in [5, 5.41) is 9.14. The fraction of sp³-hybridized carbons (Fsp3) is 0.778. The molecule has 0 aromatic heterocycles. The van der Waals surface area contributed by atoms with Gasteiger partial charge in [-0.25, -0.2) is 8.42 Å². The third kappa shape index (κ3) is 3.65. The molecule has 0 aromatic carbocycles. The smallest absolute Gasteiger partial charge is 0.325 e. The number of rotatable bonds is 5. The number of carboxylic acid groups (broad SMARTS) is 1. The molecule has 104 valence electrons. The van der Waals surface area contributed by atoms with Gasteiger partial charge in [0.15, 0.2) is 5.75 Å². The Morgan fingerprint density at radius 2 is 1.94 bits per heavy atom. The SMILES string of the molecule is COC(=O)CS(=O)(=O)NC1(C(=O)O)CCOCC1. The standard InChI is InChI=1S/C9H15NO7S/c1-16-7(11)6-18(14,15)10-9(8(12)13)2-4-17-5-3-9/h10H,2-6H2,1H3,(H,12,13). The lowest BCUT2D eigenvalue weighted by Crippen LogP contribution is -2.58. The molecule has 0 radical (unpaired) electrons. The number of sulfonamides is 1. The van der Waals surface area contributed by atoms with Gasteiger partial charge in [0.1, 0.15) is 5.54 Å². The quantitative estimate of drug-likeness (QED) is 0.602. The Morgan fingerprint density at radius 3 is 2.39 bits per heavy atom. The van der Waals surface area contributed by atoms with Crippen molar-refractivity contribution in [2.45, 2.75) is 18.4 Å². The van der Waals surface area contributed by atoms with E-state index < -0.39 is 33.3 Å². The van der Waals surface area contributed by atoms with Crippen LogP contribution in [0.2, 0.25) is 0 Å². The first kappa shape index (κ1) is 14.9. The molecular formula is C9H15NO7S. The van der Waals surface area contributed by atoms with Crippen molar-refractivity contribution in [2.24, 2.45) is 0 Å². The highest BCUT2D eigenvalue weighted by molar-refractivity contribution is 7.90. The molecule has 18 heavy (non-hydrogen) atoms. The fourth-order valence-corrected chi connectivity index (χ4v) is 3.01. The Morgan fingerprint density at radius 1 is 1.39 bits per heavy atom. The van der Waals surface area contributed by atoms with E-state index in [9.17, 15) is 18.0 Å². The van der Waals surface area contributed by atoms with Gasteiger partial charge in [-0.1, -0.05) is 0 Å². The Kier molecular flexibility index (Phi) is 4.65. The highest BCUT2D eigenvalue weighted by Gasteiger charge is 2.43. The van der Waals surface area contributed by atoms with Crippen LogP contribution in [0.25, 0.3) is 0 Å². The van der Waals surface area contributed by atoms with E-state index in [0.717, 1.165) is 7.11 Å². The maximum atomic E-state index is 11.7. The summed E-state index contributed by atoms with van der Waals surface area (Å²) in [5.74, 6) is -3.13. The van der Waals surface area contributed by atoms with E-state index in [4.69, 9.17) is 9.84 Å². The van der Waals surface area contributed by atoms with Crippen molar-refractivity contribution in [1.29, 1.82) is 0 Å². The first-order chi connectivity index (χ1) is 8.31. The molecule has 0 spiro atoms. The first-order valence-corrected chi connectivity index (χ1v) is 6.86. The van der Waals surface area contributed by atoms with Crippen LogP contribution in [-0.2, 0) is 29.1 Å². The summed E-state index contributed by atoms with van der Waals surface area (Å²) in [7, 11) is -3.00. The summed E-state index contributed by atoms with van der Waals surface area (Å²) in [6.07, 6.45) is 0.0332.